The summed E-state index contributed by atoms with van der Waals surface area (Å²) in [6, 6.07) is 3.63. The summed E-state index contributed by atoms with van der Waals surface area (Å²) < 4.78 is 0. The van der Waals surface area contributed by atoms with Crippen LogP contribution in [0.3, 0.4) is 0 Å². The molecular weight excluding hydrogens is 180 g/mol. The van der Waals surface area contributed by atoms with E-state index in [0.29, 0.717) is 0 Å². The van der Waals surface area contributed by atoms with Gasteiger partial charge in [0.1, 0.15) is 0 Å². The maximum atomic E-state index is 10.7. The van der Waals surface area contributed by atoms with Crippen LogP contribution in [0, 0.1) is 17.0 Å². The van der Waals surface area contributed by atoms with Crippen molar-refractivity contribution in [2.45, 2.75) is 19.9 Å². The van der Waals surface area contributed by atoms with Crippen LogP contribution in [0.2, 0.25) is 0 Å². The first-order valence-electron chi connectivity index (χ1n) is 4.66. The third-order valence-electron chi connectivity index (χ3n) is 2.60. The molecule has 4 nitrogen and oxygen atoms in total. The highest BCUT2D eigenvalue weighted by Crippen LogP contribution is 2.24. The monoisotopic (exact) mass is 192 g/mol. The van der Waals surface area contributed by atoms with Gasteiger partial charge in [-0.15, -0.1) is 0 Å². The first kappa shape index (κ1) is 9.15. The molecule has 0 spiro atoms. The summed E-state index contributed by atoms with van der Waals surface area (Å²) in [5, 5.41) is 13.9. The lowest BCUT2D eigenvalue weighted by molar-refractivity contribution is -0.385. The van der Waals surface area contributed by atoms with E-state index in [4.69, 9.17) is 0 Å². The Balaban J connectivity index is 2.50. The Morgan fingerprint density at radius 2 is 2.21 bits per heavy atom. The van der Waals surface area contributed by atoms with Crippen LogP contribution in [0.15, 0.2) is 12.1 Å². The maximum absolute atomic E-state index is 10.7. The van der Waals surface area contributed by atoms with Gasteiger partial charge in [-0.1, -0.05) is 0 Å². The van der Waals surface area contributed by atoms with E-state index in [2.05, 4.69) is 5.32 Å². The fourth-order valence-corrected chi connectivity index (χ4v) is 1.84. The van der Waals surface area contributed by atoms with Gasteiger partial charge < -0.3 is 5.32 Å². The van der Waals surface area contributed by atoms with Gasteiger partial charge in [0, 0.05) is 18.2 Å². The van der Waals surface area contributed by atoms with Crippen LogP contribution in [0.5, 0.6) is 0 Å². The smallest absolute Gasteiger partial charge is 0.272 e. The van der Waals surface area contributed by atoms with E-state index in [9.17, 15) is 10.1 Å². The Hall–Kier alpha value is -1.42. The third kappa shape index (κ3) is 1.48. The van der Waals surface area contributed by atoms with Crippen LogP contribution < -0.4 is 5.32 Å². The van der Waals surface area contributed by atoms with E-state index in [1.54, 1.807) is 13.0 Å². The van der Waals surface area contributed by atoms with E-state index >= 15 is 0 Å². The minimum Gasteiger partial charge on any atom is -0.312 e. The van der Waals surface area contributed by atoms with Crippen LogP contribution in [-0.4, -0.2) is 11.5 Å². The Labute approximate surface area is 82.1 Å². The molecule has 4 heteroatoms. The van der Waals surface area contributed by atoms with Crippen LogP contribution in [0.1, 0.15) is 16.7 Å². The van der Waals surface area contributed by atoms with Crippen LogP contribution in [-0.2, 0) is 13.0 Å². The van der Waals surface area contributed by atoms with E-state index in [1.165, 1.54) is 5.56 Å². The number of nitro benzene ring substituents is 1. The zero-order chi connectivity index (χ0) is 10.1. The maximum Gasteiger partial charge on any atom is 0.272 e. The fourth-order valence-electron chi connectivity index (χ4n) is 1.84. The Bertz CT molecular complexity index is 388. The molecule has 0 atom stereocenters. The molecule has 0 aliphatic carbocycles. The van der Waals surface area contributed by atoms with Crippen molar-refractivity contribution in [2.24, 2.45) is 0 Å². The average Bonchev–Trinajstić information content (AvgIpc) is 2.16. The summed E-state index contributed by atoms with van der Waals surface area (Å²) in [7, 11) is 0. The van der Waals surface area contributed by atoms with E-state index in [1.807, 2.05) is 6.07 Å². The predicted octanol–water partition coefficient (Wildman–Crippen LogP) is 1.55. The number of nitro groups is 1. The normalized spacial score (nSPS) is 14.9. The molecule has 0 aromatic heterocycles. The van der Waals surface area contributed by atoms with Gasteiger partial charge in [0.05, 0.1) is 4.92 Å². The molecule has 0 bridgehead atoms. The molecule has 14 heavy (non-hydrogen) atoms. The molecule has 0 fully saturated rings. The molecule has 0 saturated heterocycles. The number of hydrogen-bond donors (Lipinski definition) is 1. The van der Waals surface area contributed by atoms with Gasteiger partial charge >= 0.3 is 0 Å². The van der Waals surface area contributed by atoms with E-state index < -0.39 is 0 Å². The molecular formula is C10H12N2O2. The highest BCUT2D eigenvalue weighted by atomic mass is 16.6. The lowest BCUT2D eigenvalue weighted by Gasteiger charge is -2.17. The Kier molecular flexibility index (Phi) is 2.21. The second-order valence-corrected chi connectivity index (χ2v) is 3.59. The predicted molar refractivity (Wildman–Crippen MR) is 53.2 cm³/mol. The molecule has 1 heterocycles. The first-order valence-corrected chi connectivity index (χ1v) is 4.66. The van der Waals surface area contributed by atoms with Crippen molar-refractivity contribution < 1.29 is 4.92 Å². The summed E-state index contributed by atoms with van der Waals surface area (Å²) in [6.45, 7) is 3.52. The Morgan fingerprint density at radius 3 is 2.93 bits per heavy atom. The van der Waals surface area contributed by atoms with Gasteiger partial charge in [-0.05, 0) is 37.1 Å². The Morgan fingerprint density at radius 1 is 1.43 bits per heavy atom. The largest absolute Gasteiger partial charge is 0.312 e. The highest BCUT2D eigenvalue weighted by molar-refractivity contribution is 5.47. The van der Waals surface area contributed by atoms with Crippen molar-refractivity contribution >= 4 is 5.69 Å². The number of nitrogens with zero attached hydrogens (tertiary/aromatic N) is 1. The summed E-state index contributed by atoms with van der Waals surface area (Å²) in [4.78, 5) is 10.4. The summed E-state index contributed by atoms with van der Waals surface area (Å²) in [6.07, 6.45) is 0.885. The molecule has 1 aliphatic heterocycles. The van der Waals surface area contributed by atoms with Gasteiger partial charge in [-0.25, -0.2) is 0 Å². The van der Waals surface area contributed by atoms with Gasteiger partial charge in [0.25, 0.3) is 5.69 Å². The topological polar surface area (TPSA) is 55.2 Å². The second kappa shape index (κ2) is 3.38. The van der Waals surface area contributed by atoms with E-state index in [0.717, 1.165) is 30.6 Å². The van der Waals surface area contributed by atoms with E-state index in [-0.39, 0.29) is 10.6 Å². The number of rotatable bonds is 1. The summed E-state index contributed by atoms with van der Waals surface area (Å²) in [5.74, 6) is 0. The zero-order valence-corrected chi connectivity index (χ0v) is 8.04. The van der Waals surface area contributed by atoms with Gasteiger partial charge in [-0.3, -0.25) is 10.1 Å². The molecule has 0 radical (unpaired) electrons. The third-order valence-corrected chi connectivity index (χ3v) is 2.60. The second-order valence-electron chi connectivity index (χ2n) is 3.59. The quantitative estimate of drug-likeness (QED) is 0.542. The average molecular weight is 192 g/mol. The van der Waals surface area contributed by atoms with Crippen LogP contribution >= 0.6 is 0 Å². The lowest BCUT2D eigenvalue weighted by atomic mass is 9.98. The van der Waals surface area contributed by atoms with Crippen molar-refractivity contribution in [3.05, 3.63) is 38.9 Å². The first-order chi connectivity index (χ1) is 6.68. The lowest BCUT2D eigenvalue weighted by Crippen LogP contribution is -2.23. The molecule has 0 saturated carbocycles. The van der Waals surface area contributed by atoms with Crippen molar-refractivity contribution in [3.8, 4) is 0 Å². The summed E-state index contributed by atoms with van der Waals surface area (Å²) in [5.41, 5.74) is 3.29. The fraction of sp³-hybridized carbons (Fsp3) is 0.400. The zero-order valence-electron chi connectivity index (χ0n) is 8.04. The standard InChI is InChI=1S/C10H12N2O2/c1-7-4-9-6-11-3-2-8(9)5-10(7)12(13)14/h4-5,11H,2-3,6H2,1H3. The van der Waals surface area contributed by atoms with Crippen molar-refractivity contribution in [1.29, 1.82) is 0 Å². The summed E-state index contributed by atoms with van der Waals surface area (Å²) >= 11 is 0. The minimum absolute atomic E-state index is 0.241. The molecule has 74 valence electrons. The number of hydrogen-bond acceptors (Lipinski definition) is 3. The SMILES string of the molecule is Cc1cc2c(cc1[N+](=O)[O-])CCNC2. The minimum atomic E-state index is -0.308. The van der Waals surface area contributed by atoms with Gasteiger partial charge in [-0.2, -0.15) is 0 Å². The number of fused-ring (bicyclic) bond motifs is 1. The molecule has 0 amide bonds. The number of aryl methyl sites for hydroxylation is 1. The van der Waals surface area contributed by atoms with Crippen molar-refractivity contribution in [3.63, 3.8) is 0 Å². The molecule has 1 aromatic carbocycles. The molecule has 1 aromatic rings. The number of nitrogens with one attached hydrogen (secondary N) is 1. The van der Waals surface area contributed by atoms with Crippen molar-refractivity contribution in [1.82, 2.24) is 5.32 Å². The molecule has 0 unspecified atom stereocenters. The highest BCUT2D eigenvalue weighted by Gasteiger charge is 2.16. The van der Waals surface area contributed by atoms with Crippen LogP contribution in [0.25, 0.3) is 0 Å². The van der Waals surface area contributed by atoms with Crippen LogP contribution in [0.4, 0.5) is 5.69 Å². The molecule has 1 aliphatic rings. The van der Waals surface area contributed by atoms with Crippen molar-refractivity contribution in [2.75, 3.05) is 6.54 Å². The van der Waals surface area contributed by atoms with Gasteiger partial charge in [0.15, 0.2) is 0 Å². The molecule has 2 rings (SSSR count). The molecule has 1 N–H and O–H groups in total. The van der Waals surface area contributed by atoms with Gasteiger partial charge in [0.2, 0.25) is 0 Å². The number of benzene rings is 1.